The quantitative estimate of drug-likeness (QED) is 0.539. The summed E-state index contributed by atoms with van der Waals surface area (Å²) in [5, 5.41) is 0. The van der Waals surface area contributed by atoms with Crippen LogP contribution in [0.5, 0.6) is 0 Å². The summed E-state index contributed by atoms with van der Waals surface area (Å²) in [6.45, 7) is 1.19. The monoisotopic (exact) mass is 182 g/mol. The van der Waals surface area contributed by atoms with E-state index in [9.17, 15) is 0 Å². The van der Waals surface area contributed by atoms with E-state index in [1.807, 2.05) is 0 Å². The molecule has 0 saturated carbocycles. The molecule has 0 spiro atoms. The van der Waals surface area contributed by atoms with Crippen molar-refractivity contribution >= 4 is 0 Å². The Morgan fingerprint density at radius 2 is 1.17 bits per heavy atom. The number of nitrogens with two attached hydrogens (primary N) is 2. The molecule has 44 valence electrons. The van der Waals surface area contributed by atoms with Crippen LogP contribution >= 0.6 is 0 Å². The van der Waals surface area contributed by atoms with E-state index in [1.165, 1.54) is 0 Å². The van der Waals surface area contributed by atoms with Gasteiger partial charge in [0.15, 0.2) is 0 Å². The van der Waals surface area contributed by atoms with Crippen LogP contribution in [0, 0.1) is 0 Å². The Bertz CT molecular complexity index is 10.8. The summed E-state index contributed by atoms with van der Waals surface area (Å²) in [6, 6.07) is 0. The van der Waals surface area contributed by atoms with Crippen molar-refractivity contribution in [2.75, 3.05) is 13.1 Å². The van der Waals surface area contributed by atoms with Gasteiger partial charge in [-0.05, 0) is 0 Å². The van der Waals surface area contributed by atoms with Gasteiger partial charge < -0.3 is 11.5 Å². The molecule has 0 bridgehead atoms. The minimum absolute atomic E-state index is 0. The molecule has 0 unspecified atom stereocenters. The molecular formula is C3H12N2Pd. The van der Waals surface area contributed by atoms with Crippen molar-refractivity contribution in [2.24, 2.45) is 11.5 Å². The van der Waals surface area contributed by atoms with Crippen LogP contribution in [0.2, 0.25) is 0 Å². The SMILES string of the molecule is C.NCCN.[Pd]. The molecule has 6 heavy (non-hydrogen) atoms. The Morgan fingerprint density at radius 1 is 1.00 bits per heavy atom. The summed E-state index contributed by atoms with van der Waals surface area (Å²) < 4.78 is 0. The first-order valence-electron chi connectivity index (χ1n) is 1.32. The fourth-order valence-corrected chi connectivity index (χ4v) is 0. The predicted octanol–water partition coefficient (Wildman–Crippen LogP) is -0.463. The maximum atomic E-state index is 4.90. The fourth-order valence-electron chi connectivity index (χ4n) is 0. The Balaban J connectivity index is -0.0000000450. The van der Waals surface area contributed by atoms with E-state index in [0.717, 1.165) is 0 Å². The third-order valence-corrected chi connectivity index (χ3v) is 0.167. The van der Waals surface area contributed by atoms with Gasteiger partial charge in [-0.15, -0.1) is 0 Å². The molecule has 0 heterocycles. The van der Waals surface area contributed by atoms with E-state index in [4.69, 9.17) is 11.5 Å². The van der Waals surface area contributed by atoms with Crippen LogP contribution in [0.4, 0.5) is 0 Å². The van der Waals surface area contributed by atoms with Crippen molar-refractivity contribution in [1.82, 2.24) is 0 Å². The number of rotatable bonds is 1. The van der Waals surface area contributed by atoms with Crippen molar-refractivity contribution in [3.63, 3.8) is 0 Å². The van der Waals surface area contributed by atoms with Crippen LogP contribution in [0.1, 0.15) is 7.43 Å². The summed E-state index contributed by atoms with van der Waals surface area (Å²) in [4.78, 5) is 0. The zero-order valence-electron chi connectivity index (χ0n) is 2.89. The van der Waals surface area contributed by atoms with Crippen molar-refractivity contribution in [2.45, 2.75) is 7.43 Å². The average Bonchev–Trinajstić information content (AvgIpc) is 1.37. The van der Waals surface area contributed by atoms with E-state index in [-0.39, 0.29) is 27.8 Å². The summed E-state index contributed by atoms with van der Waals surface area (Å²) in [7, 11) is 0. The van der Waals surface area contributed by atoms with Gasteiger partial charge in [-0.3, -0.25) is 0 Å². The van der Waals surface area contributed by atoms with Crippen LogP contribution in [0.25, 0.3) is 0 Å². The van der Waals surface area contributed by atoms with E-state index >= 15 is 0 Å². The standard InChI is InChI=1S/C2H8N2.CH4.Pd/c3-1-2-4;;/h1-4H2;1H4;. The van der Waals surface area contributed by atoms with Gasteiger partial charge in [0.2, 0.25) is 0 Å². The van der Waals surface area contributed by atoms with Crippen molar-refractivity contribution in [3.8, 4) is 0 Å². The van der Waals surface area contributed by atoms with E-state index < -0.39 is 0 Å². The van der Waals surface area contributed by atoms with Crippen LogP contribution in [0.3, 0.4) is 0 Å². The zero-order valence-corrected chi connectivity index (χ0v) is 4.44. The molecule has 0 atom stereocenters. The average molecular weight is 183 g/mol. The third kappa shape index (κ3) is 23.5. The first-order valence-corrected chi connectivity index (χ1v) is 1.32. The van der Waals surface area contributed by atoms with Crippen molar-refractivity contribution in [3.05, 3.63) is 0 Å². The minimum atomic E-state index is 0. The molecule has 0 aromatic carbocycles. The molecule has 0 saturated heterocycles. The Hall–Kier alpha value is 0.582. The van der Waals surface area contributed by atoms with Gasteiger partial charge in [-0.2, -0.15) is 0 Å². The van der Waals surface area contributed by atoms with Crippen LogP contribution < -0.4 is 11.5 Å². The predicted molar refractivity (Wildman–Crippen MR) is 24.8 cm³/mol. The molecule has 0 aliphatic carbocycles. The molecule has 0 fully saturated rings. The second-order valence-electron chi connectivity index (χ2n) is 0.577. The molecule has 3 heteroatoms. The van der Waals surface area contributed by atoms with E-state index in [0.29, 0.717) is 13.1 Å². The zero-order chi connectivity index (χ0) is 3.41. The fraction of sp³-hybridized carbons (Fsp3) is 1.00. The van der Waals surface area contributed by atoms with Crippen molar-refractivity contribution < 1.29 is 20.4 Å². The summed E-state index contributed by atoms with van der Waals surface area (Å²) in [5.74, 6) is 0. The van der Waals surface area contributed by atoms with Gasteiger partial charge in [0.1, 0.15) is 0 Å². The first-order chi connectivity index (χ1) is 1.91. The third-order valence-electron chi connectivity index (χ3n) is 0.167. The number of hydrogen-bond acceptors (Lipinski definition) is 2. The summed E-state index contributed by atoms with van der Waals surface area (Å²) >= 11 is 0. The Morgan fingerprint density at radius 3 is 1.17 bits per heavy atom. The largest absolute Gasteiger partial charge is 0.329 e. The molecule has 0 aromatic heterocycles. The van der Waals surface area contributed by atoms with E-state index in [1.54, 1.807) is 0 Å². The normalized spacial score (nSPS) is 5.00. The molecule has 0 aliphatic rings. The van der Waals surface area contributed by atoms with E-state index in [2.05, 4.69) is 0 Å². The second kappa shape index (κ2) is 17.6. The van der Waals surface area contributed by atoms with Crippen molar-refractivity contribution in [1.29, 1.82) is 0 Å². The van der Waals surface area contributed by atoms with Crippen LogP contribution in [-0.4, -0.2) is 13.1 Å². The second-order valence-corrected chi connectivity index (χ2v) is 0.577. The minimum Gasteiger partial charge on any atom is -0.329 e. The molecule has 0 aliphatic heterocycles. The van der Waals surface area contributed by atoms with Gasteiger partial charge in [-0.25, -0.2) is 0 Å². The molecule has 2 nitrogen and oxygen atoms in total. The molecule has 0 rings (SSSR count). The molecule has 0 amide bonds. The first kappa shape index (κ1) is 16.0. The Labute approximate surface area is 52.9 Å². The topological polar surface area (TPSA) is 52.0 Å². The molecule has 0 radical (unpaired) electrons. The summed E-state index contributed by atoms with van der Waals surface area (Å²) in [6.07, 6.45) is 0. The Kier molecular flexibility index (Phi) is 46.8. The van der Waals surface area contributed by atoms with Gasteiger partial charge in [0.05, 0.1) is 0 Å². The maximum absolute atomic E-state index is 4.90. The summed E-state index contributed by atoms with van der Waals surface area (Å²) in [5.41, 5.74) is 9.81. The molecule has 4 N–H and O–H groups in total. The molecule has 0 aromatic rings. The smallest absolute Gasteiger partial charge is 0.00461 e. The van der Waals surface area contributed by atoms with Crippen LogP contribution in [-0.2, 0) is 20.4 Å². The maximum Gasteiger partial charge on any atom is 0.00461 e. The number of hydrogen-bond donors (Lipinski definition) is 2. The molecular weight excluding hydrogens is 170 g/mol. The van der Waals surface area contributed by atoms with Gasteiger partial charge >= 0.3 is 0 Å². The van der Waals surface area contributed by atoms with Gasteiger partial charge in [0, 0.05) is 33.5 Å². The van der Waals surface area contributed by atoms with Gasteiger partial charge in [0.25, 0.3) is 0 Å². The van der Waals surface area contributed by atoms with Gasteiger partial charge in [-0.1, -0.05) is 7.43 Å². The van der Waals surface area contributed by atoms with Crippen LogP contribution in [0.15, 0.2) is 0 Å².